The van der Waals surface area contributed by atoms with E-state index in [1.54, 1.807) is 37.4 Å². The largest absolute Gasteiger partial charge is 0.496 e. The van der Waals surface area contributed by atoms with Gasteiger partial charge in [0.05, 0.1) is 12.6 Å². The molecule has 0 spiro atoms. The number of nitrogens with zero attached hydrogens (tertiary/aromatic N) is 2. The minimum Gasteiger partial charge on any atom is -0.496 e. The minimum atomic E-state index is -0.592. The predicted octanol–water partition coefficient (Wildman–Crippen LogP) is 5.02. The smallest absolute Gasteiger partial charge is 0.442 e. The van der Waals surface area contributed by atoms with Crippen LogP contribution in [0.3, 0.4) is 0 Å². The lowest BCUT2D eigenvalue weighted by molar-refractivity contribution is -0.400. The molecule has 5 aromatic rings. The molecule has 7 nitrogen and oxygen atoms in total. The van der Waals surface area contributed by atoms with E-state index >= 15 is 0 Å². The number of nitro groups is 1. The Hall–Kier alpha value is -4.13. The summed E-state index contributed by atoms with van der Waals surface area (Å²) in [5, 5.41) is 14.4. The second kappa shape index (κ2) is 6.45. The number of hydrogen-bond acceptors (Lipinski definition) is 5. The highest BCUT2D eigenvalue weighted by Crippen LogP contribution is 2.46. The molecule has 7 heteroatoms. The molecule has 0 saturated carbocycles. The van der Waals surface area contributed by atoms with Gasteiger partial charge in [0.2, 0.25) is 0 Å². The molecule has 2 heterocycles. The highest BCUT2D eigenvalue weighted by atomic mass is 16.6. The molecule has 0 amide bonds. The van der Waals surface area contributed by atoms with Crippen LogP contribution in [0.4, 0.5) is 5.88 Å². The minimum absolute atomic E-state index is 0.134. The van der Waals surface area contributed by atoms with E-state index in [-0.39, 0.29) is 22.1 Å². The normalized spacial score (nSPS) is 11.4. The van der Waals surface area contributed by atoms with Crippen LogP contribution < -0.4 is 10.3 Å². The van der Waals surface area contributed by atoms with Gasteiger partial charge < -0.3 is 13.7 Å². The maximum Gasteiger partial charge on any atom is 0.442 e. The van der Waals surface area contributed by atoms with Crippen molar-refractivity contribution >= 4 is 38.5 Å². The zero-order valence-electron chi connectivity index (χ0n) is 16.2. The summed E-state index contributed by atoms with van der Waals surface area (Å²) in [5.74, 6) is -0.0529. The van der Waals surface area contributed by atoms with Crippen molar-refractivity contribution in [3.05, 3.63) is 81.1 Å². The quantitative estimate of drug-likeness (QED) is 0.313. The average Bonchev–Trinajstić information content (AvgIpc) is 3.17. The van der Waals surface area contributed by atoms with Crippen molar-refractivity contribution in [2.45, 2.75) is 0 Å². The van der Waals surface area contributed by atoms with Crippen molar-refractivity contribution in [1.29, 1.82) is 0 Å². The standard InChI is InChI=1S/C23H16N2O5/c1-24-16-10-6-5-9-15(16)21-20(22(24)26)19(23(30-21)25(27)28)18-14-8-4-3-7-13(14)11-12-17(18)29-2/h3-12H,1-2H3. The number of aryl methyl sites for hydroxylation is 1. The van der Waals surface area contributed by atoms with Gasteiger partial charge in [0.15, 0.2) is 5.58 Å². The molecular weight excluding hydrogens is 384 g/mol. The molecule has 0 aliphatic heterocycles. The number of ether oxygens (including phenoxy) is 1. The SMILES string of the molecule is COc1ccc2ccccc2c1-c1c([N+](=O)[O-])oc2c1c(=O)n(C)c1ccccc21. The number of pyridine rings is 1. The van der Waals surface area contributed by atoms with Gasteiger partial charge in [0, 0.05) is 18.0 Å². The fourth-order valence-electron chi connectivity index (χ4n) is 4.09. The summed E-state index contributed by atoms with van der Waals surface area (Å²) in [7, 11) is 3.14. The Morgan fingerprint density at radius 3 is 2.40 bits per heavy atom. The van der Waals surface area contributed by atoms with Crippen LogP contribution in [-0.4, -0.2) is 16.6 Å². The summed E-state index contributed by atoms with van der Waals surface area (Å²) in [6.45, 7) is 0. The molecule has 0 fully saturated rings. The molecule has 0 aliphatic rings. The van der Waals surface area contributed by atoms with E-state index < -0.39 is 10.8 Å². The molecular formula is C23H16N2O5. The molecule has 148 valence electrons. The Kier molecular flexibility index (Phi) is 3.86. The number of furan rings is 1. The lowest BCUT2D eigenvalue weighted by Crippen LogP contribution is -2.17. The third-order valence-corrected chi connectivity index (χ3v) is 5.44. The van der Waals surface area contributed by atoms with Crippen LogP contribution in [0.5, 0.6) is 5.75 Å². The number of benzene rings is 3. The van der Waals surface area contributed by atoms with Crippen molar-refractivity contribution in [3.8, 4) is 16.9 Å². The molecule has 0 atom stereocenters. The summed E-state index contributed by atoms with van der Waals surface area (Å²) in [6, 6.07) is 18.3. The zero-order chi connectivity index (χ0) is 21.0. The van der Waals surface area contributed by atoms with E-state index in [2.05, 4.69) is 0 Å². The molecule has 0 bridgehead atoms. The van der Waals surface area contributed by atoms with Gasteiger partial charge in [-0.1, -0.05) is 42.5 Å². The fraction of sp³-hybridized carbons (Fsp3) is 0.0870. The molecule has 0 saturated heterocycles. The van der Waals surface area contributed by atoms with Crippen LogP contribution in [0.25, 0.3) is 43.8 Å². The Morgan fingerprint density at radius 1 is 0.967 bits per heavy atom. The summed E-state index contributed by atoms with van der Waals surface area (Å²) in [5.41, 5.74) is 1.06. The lowest BCUT2D eigenvalue weighted by atomic mass is 9.96. The molecule has 0 radical (unpaired) electrons. The summed E-state index contributed by atoms with van der Waals surface area (Å²) in [6.07, 6.45) is 0. The number of para-hydroxylation sites is 1. The van der Waals surface area contributed by atoms with Crippen molar-refractivity contribution < 1.29 is 14.1 Å². The lowest BCUT2D eigenvalue weighted by Gasteiger charge is -2.11. The van der Waals surface area contributed by atoms with E-state index in [4.69, 9.17) is 9.15 Å². The number of methoxy groups -OCH3 is 1. The zero-order valence-corrected chi connectivity index (χ0v) is 16.2. The van der Waals surface area contributed by atoms with Gasteiger partial charge in [-0.3, -0.25) is 14.9 Å². The van der Waals surface area contributed by atoms with Crippen LogP contribution in [0, 0.1) is 10.1 Å². The summed E-state index contributed by atoms with van der Waals surface area (Å²) in [4.78, 5) is 24.7. The maximum absolute atomic E-state index is 13.3. The second-order valence-electron chi connectivity index (χ2n) is 6.99. The van der Waals surface area contributed by atoms with Gasteiger partial charge in [-0.05, 0) is 29.0 Å². The van der Waals surface area contributed by atoms with Crippen LogP contribution in [0.1, 0.15) is 0 Å². The van der Waals surface area contributed by atoms with E-state index in [9.17, 15) is 14.9 Å². The Balaban J connectivity index is 2.09. The number of aromatic nitrogens is 1. The third-order valence-electron chi connectivity index (χ3n) is 5.44. The molecule has 30 heavy (non-hydrogen) atoms. The first-order valence-corrected chi connectivity index (χ1v) is 9.27. The van der Waals surface area contributed by atoms with Crippen LogP contribution >= 0.6 is 0 Å². The van der Waals surface area contributed by atoms with Crippen molar-refractivity contribution in [2.75, 3.05) is 7.11 Å². The number of hydrogen-bond donors (Lipinski definition) is 0. The number of fused-ring (bicyclic) bond motifs is 4. The monoisotopic (exact) mass is 400 g/mol. The molecule has 5 rings (SSSR count). The van der Waals surface area contributed by atoms with Gasteiger partial charge in [-0.25, -0.2) is 0 Å². The highest BCUT2D eigenvalue weighted by molar-refractivity contribution is 6.14. The van der Waals surface area contributed by atoms with Gasteiger partial charge in [0.1, 0.15) is 21.6 Å². The van der Waals surface area contributed by atoms with Gasteiger partial charge in [-0.15, -0.1) is 0 Å². The summed E-state index contributed by atoms with van der Waals surface area (Å²) < 4.78 is 12.8. The number of rotatable bonds is 3. The maximum atomic E-state index is 13.3. The van der Waals surface area contributed by atoms with E-state index in [0.717, 1.165) is 10.8 Å². The van der Waals surface area contributed by atoms with Crippen molar-refractivity contribution in [1.82, 2.24) is 4.57 Å². The Bertz CT molecular complexity index is 1540. The first kappa shape index (κ1) is 17.9. The van der Waals surface area contributed by atoms with Crippen LogP contribution in [0.15, 0.2) is 69.9 Å². The van der Waals surface area contributed by atoms with Gasteiger partial charge in [0.25, 0.3) is 5.56 Å². The van der Waals surface area contributed by atoms with E-state index in [0.29, 0.717) is 22.2 Å². The van der Waals surface area contributed by atoms with Crippen molar-refractivity contribution in [3.63, 3.8) is 0 Å². The highest BCUT2D eigenvalue weighted by Gasteiger charge is 2.32. The molecule has 3 aromatic carbocycles. The fourth-order valence-corrected chi connectivity index (χ4v) is 4.09. The first-order chi connectivity index (χ1) is 14.5. The molecule has 0 unspecified atom stereocenters. The van der Waals surface area contributed by atoms with Crippen LogP contribution in [-0.2, 0) is 7.05 Å². The Labute approximate surface area is 169 Å². The summed E-state index contributed by atoms with van der Waals surface area (Å²) >= 11 is 0. The molecule has 0 N–H and O–H groups in total. The molecule has 0 aliphatic carbocycles. The Morgan fingerprint density at radius 2 is 1.67 bits per heavy atom. The molecule has 2 aromatic heterocycles. The second-order valence-corrected chi connectivity index (χ2v) is 6.99. The first-order valence-electron chi connectivity index (χ1n) is 9.27. The average molecular weight is 400 g/mol. The van der Waals surface area contributed by atoms with Gasteiger partial charge in [-0.2, -0.15) is 0 Å². The third kappa shape index (κ3) is 2.35. The van der Waals surface area contributed by atoms with Gasteiger partial charge >= 0.3 is 5.88 Å². The predicted molar refractivity (Wildman–Crippen MR) is 115 cm³/mol. The van der Waals surface area contributed by atoms with E-state index in [1.807, 2.05) is 30.3 Å². The topological polar surface area (TPSA) is 87.5 Å². The van der Waals surface area contributed by atoms with Crippen LogP contribution in [0.2, 0.25) is 0 Å². The van der Waals surface area contributed by atoms with Crippen molar-refractivity contribution in [2.24, 2.45) is 7.05 Å². The van der Waals surface area contributed by atoms with E-state index in [1.165, 1.54) is 11.7 Å².